The lowest BCUT2D eigenvalue weighted by Crippen LogP contribution is -2.30. The monoisotopic (exact) mass is 495 g/mol. The van der Waals surface area contributed by atoms with Crippen LogP contribution in [0.2, 0.25) is 10.0 Å². The maximum atomic E-state index is 12.7. The van der Waals surface area contributed by atoms with Crippen LogP contribution in [-0.4, -0.2) is 22.8 Å². The summed E-state index contributed by atoms with van der Waals surface area (Å²) < 4.78 is 0. The molecule has 1 saturated carbocycles. The van der Waals surface area contributed by atoms with Crippen LogP contribution >= 0.6 is 23.2 Å². The van der Waals surface area contributed by atoms with E-state index in [0.717, 1.165) is 24.0 Å². The molecular formula is C27H23Cl2NO4. The number of aliphatic carboxylic acids is 1. The van der Waals surface area contributed by atoms with Gasteiger partial charge in [0, 0.05) is 23.2 Å². The highest BCUT2D eigenvalue weighted by Gasteiger charge is 2.42. The van der Waals surface area contributed by atoms with Crippen LogP contribution in [0.25, 0.3) is 11.1 Å². The van der Waals surface area contributed by atoms with Gasteiger partial charge in [0.15, 0.2) is 5.78 Å². The minimum absolute atomic E-state index is 0.0366. The lowest BCUT2D eigenvalue weighted by Gasteiger charge is -2.22. The van der Waals surface area contributed by atoms with Gasteiger partial charge < -0.3 is 10.4 Å². The lowest BCUT2D eigenvalue weighted by molar-refractivity contribution is -0.148. The number of benzene rings is 3. The second kappa shape index (κ2) is 10.00. The highest BCUT2D eigenvalue weighted by atomic mass is 35.5. The summed E-state index contributed by atoms with van der Waals surface area (Å²) in [4.78, 5) is 36.9. The maximum Gasteiger partial charge on any atom is 0.310 e. The van der Waals surface area contributed by atoms with Crippen molar-refractivity contribution in [2.75, 3.05) is 5.32 Å². The molecule has 0 atom stereocenters. The molecule has 7 heteroatoms. The molecule has 5 nitrogen and oxygen atoms in total. The maximum absolute atomic E-state index is 12.7. The fraction of sp³-hybridized carbons (Fsp3) is 0.222. The van der Waals surface area contributed by atoms with Crippen molar-refractivity contribution in [3.8, 4) is 11.1 Å². The van der Waals surface area contributed by atoms with Gasteiger partial charge in [-0.15, -0.1) is 0 Å². The Bertz CT molecular complexity index is 1230. The normalized spacial score (nSPS) is 14.5. The number of halogens is 2. The van der Waals surface area contributed by atoms with Crippen LogP contribution in [-0.2, 0) is 4.79 Å². The molecule has 0 saturated heterocycles. The quantitative estimate of drug-likeness (QED) is 0.341. The van der Waals surface area contributed by atoms with E-state index in [1.54, 1.807) is 36.4 Å². The van der Waals surface area contributed by atoms with E-state index in [2.05, 4.69) is 5.32 Å². The van der Waals surface area contributed by atoms with Gasteiger partial charge in [0.2, 0.25) is 0 Å². The zero-order valence-corrected chi connectivity index (χ0v) is 19.8. The van der Waals surface area contributed by atoms with Gasteiger partial charge in [-0.1, -0.05) is 72.4 Å². The van der Waals surface area contributed by atoms with Crippen molar-refractivity contribution in [3.63, 3.8) is 0 Å². The highest BCUT2D eigenvalue weighted by Crippen LogP contribution is 2.42. The Morgan fingerprint density at radius 3 is 1.91 bits per heavy atom. The van der Waals surface area contributed by atoms with Crippen LogP contribution in [0.1, 0.15) is 52.8 Å². The van der Waals surface area contributed by atoms with Crippen LogP contribution in [0.3, 0.4) is 0 Å². The Hall–Kier alpha value is -3.15. The number of ketones is 1. The molecule has 0 spiro atoms. The molecule has 1 aliphatic carbocycles. The van der Waals surface area contributed by atoms with E-state index in [1.165, 1.54) is 6.07 Å². The molecule has 2 N–H and O–H groups in total. The van der Waals surface area contributed by atoms with E-state index < -0.39 is 11.4 Å². The number of rotatable bonds is 7. The zero-order valence-electron chi connectivity index (χ0n) is 18.3. The Balaban J connectivity index is 1.42. The highest BCUT2D eigenvalue weighted by molar-refractivity contribution is 6.42. The summed E-state index contributed by atoms with van der Waals surface area (Å²) in [7, 11) is 0. The largest absolute Gasteiger partial charge is 0.481 e. The predicted molar refractivity (Wildman–Crippen MR) is 134 cm³/mol. The van der Waals surface area contributed by atoms with Gasteiger partial charge in [-0.3, -0.25) is 14.4 Å². The molecule has 1 aliphatic rings. The van der Waals surface area contributed by atoms with E-state index in [9.17, 15) is 19.5 Å². The first-order valence-electron chi connectivity index (χ1n) is 11.0. The number of carbonyl (C=O) groups excluding carboxylic acids is 2. The molecule has 3 aromatic carbocycles. The van der Waals surface area contributed by atoms with Gasteiger partial charge in [0.1, 0.15) is 0 Å². The standard InChI is InChI=1S/C27H23Cl2NO4/c28-22-12-9-20(15-23(22)29)25(32)30-21-10-7-18(8-11-21)17-3-5-19(6-4-17)24(31)16-27(26(33)34)13-1-2-14-27/h3-12,15H,1-2,13-14,16H2,(H,30,32)(H,33,34). The second-order valence-corrected chi connectivity index (χ2v) is 9.44. The average molecular weight is 496 g/mol. The number of carboxylic acids is 1. The first kappa shape index (κ1) is 24.0. The minimum Gasteiger partial charge on any atom is -0.481 e. The third kappa shape index (κ3) is 5.16. The minimum atomic E-state index is -0.923. The molecule has 1 amide bonds. The van der Waals surface area contributed by atoms with E-state index in [0.29, 0.717) is 39.7 Å². The third-order valence-corrected chi connectivity index (χ3v) is 7.12. The molecule has 174 valence electrons. The smallest absolute Gasteiger partial charge is 0.310 e. The predicted octanol–water partition coefficient (Wildman–Crippen LogP) is 7.13. The van der Waals surface area contributed by atoms with Crippen LogP contribution in [0, 0.1) is 5.41 Å². The summed E-state index contributed by atoms with van der Waals surface area (Å²) >= 11 is 11.9. The summed E-state index contributed by atoms with van der Waals surface area (Å²) in [6.07, 6.45) is 2.85. The van der Waals surface area contributed by atoms with Crippen molar-refractivity contribution in [1.82, 2.24) is 0 Å². The summed E-state index contributed by atoms with van der Waals surface area (Å²) in [5.41, 5.74) is 2.45. The molecule has 0 bridgehead atoms. The van der Waals surface area contributed by atoms with Crippen LogP contribution < -0.4 is 5.32 Å². The molecule has 0 aliphatic heterocycles. The summed E-state index contributed by atoms with van der Waals surface area (Å²) in [5, 5.41) is 13.1. The third-order valence-electron chi connectivity index (χ3n) is 6.38. The summed E-state index contributed by atoms with van der Waals surface area (Å²) in [6, 6.07) is 19.2. The topological polar surface area (TPSA) is 83.5 Å². The van der Waals surface area contributed by atoms with E-state index >= 15 is 0 Å². The van der Waals surface area contributed by atoms with E-state index in [4.69, 9.17) is 23.2 Å². The van der Waals surface area contributed by atoms with Crippen molar-refractivity contribution in [2.24, 2.45) is 5.41 Å². The summed E-state index contributed by atoms with van der Waals surface area (Å²) in [5.74, 6) is -1.31. The number of nitrogens with one attached hydrogen (secondary N) is 1. The van der Waals surface area contributed by atoms with Gasteiger partial charge in [0.05, 0.1) is 15.5 Å². The van der Waals surface area contributed by atoms with Crippen LogP contribution in [0.5, 0.6) is 0 Å². The molecular weight excluding hydrogens is 473 g/mol. The van der Waals surface area contributed by atoms with Crippen molar-refractivity contribution in [2.45, 2.75) is 32.1 Å². The molecule has 0 aromatic heterocycles. The molecule has 0 heterocycles. The number of Topliss-reactive ketones (excluding diaryl/α,β-unsaturated/α-hetero) is 1. The first-order chi connectivity index (χ1) is 16.3. The van der Waals surface area contributed by atoms with Gasteiger partial charge in [-0.2, -0.15) is 0 Å². The van der Waals surface area contributed by atoms with Gasteiger partial charge in [-0.25, -0.2) is 0 Å². The molecule has 4 rings (SSSR count). The fourth-order valence-electron chi connectivity index (χ4n) is 4.36. The number of carbonyl (C=O) groups is 3. The SMILES string of the molecule is O=C(CC1(C(=O)O)CCCC1)c1ccc(-c2ccc(NC(=O)c3ccc(Cl)c(Cl)c3)cc2)cc1. The Labute approximate surface area is 207 Å². The second-order valence-electron chi connectivity index (χ2n) is 8.63. The Kier molecular flexibility index (Phi) is 7.05. The van der Waals surface area contributed by atoms with Gasteiger partial charge in [-0.05, 0) is 54.3 Å². The van der Waals surface area contributed by atoms with Crippen LogP contribution in [0.15, 0.2) is 66.7 Å². The van der Waals surface area contributed by atoms with E-state index in [1.807, 2.05) is 24.3 Å². The van der Waals surface area contributed by atoms with Gasteiger partial charge >= 0.3 is 5.97 Å². The van der Waals surface area contributed by atoms with Crippen molar-refractivity contribution in [3.05, 3.63) is 87.9 Å². The molecule has 0 radical (unpaired) electrons. The van der Waals surface area contributed by atoms with Gasteiger partial charge in [0.25, 0.3) is 5.91 Å². The van der Waals surface area contributed by atoms with Crippen molar-refractivity contribution < 1.29 is 19.5 Å². The number of carboxylic acid groups (broad SMARTS) is 1. The number of amides is 1. The average Bonchev–Trinajstić information content (AvgIpc) is 3.31. The Morgan fingerprint density at radius 1 is 0.794 bits per heavy atom. The van der Waals surface area contributed by atoms with Crippen molar-refractivity contribution >= 4 is 46.5 Å². The van der Waals surface area contributed by atoms with E-state index in [-0.39, 0.29) is 18.1 Å². The molecule has 1 fully saturated rings. The number of hydrogen-bond donors (Lipinski definition) is 2. The number of hydrogen-bond acceptors (Lipinski definition) is 3. The molecule has 34 heavy (non-hydrogen) atoms. The van der Waals surface area contributed by atoms with Crippen LogP contribution in [0.4, 0.5) is 5.69 Å². The fourth-order valence-corrected chi connectivity index (χ4v) is 4.66. The molecule has 3 aromatic rings. The van der Waals surface area contributed by atoms with Crippen molar-refractivity contribution in [1.29, 1.82) is 0 Å². The summed E-state index contributed by atoms with van der Waals surface area (Å²) in [6.45, 7) is 0. The lowest BCUT2D eigenvalue weighted by atomic mass is 9.80. The Morgan fingerprint density at radius 2 is 1.35 bits per heavy atom. The number of anilines is 1. The molecule has 0 unspecified atom stereocenters. The first-order valence-corrected chi connectivity index (χ1v) is 11.8. The zero-order chi connectivity index (χ0) is 24.3.